The van der Waals surface area contributed by atoms with Crippen molar-refractivity contribution in [1.82, 2.24) is 5.32 Å². The third-order valence-corrected chi connectivity index (χ3v) is 3.81. The molecule has 2 rings (SSSR count). The fraction of sp³-hybridized carbons (Fsp3) is 0.333. The van der Waals surface area contributed by atoms with Crippen molar-refractivity contribution in [2.75, 3.05) is 6.54 Å². The van der Waals surface area contributed by atoms with Gasteiger partial charge >= 0.3 is 0 Å². The van der Waals surface area contributed by atoms with Gasteiger partial charge in [-0.2, -0.15) is 0 Å². The number of phenolic OH excluding ortho intramolecular Hbond substituents is 1. The quantitative estimate of drug-likeness (QED) is 0.837. The van der Waals surface area contributed by atoms with Gasteiger partial charge in [0.2, 0.25) is 0 Å². The Hall–Kier alpha value is -1.87. The zero-order valence-corrected chi connectivity index (χ0v) is 12.6. The third kappa shape index (κ3) is 4.05. The highest BCUT2D eigenvalue weighted by atomic mass is 19.1. The van der Waals surface area contributed by atoms with Gasteiger partial charge < -0.3 is 10.4 Å². The van der Waals surface area contributed by atoms with E-state index in [0.717, 1.165) is 36.1 Å². The molecule has 1 atom stereocenters. The molecule has 3 heteroatoms. The van der Waals surface area contributed by atoms with E-state index in [1.165, 1.54) is 6.07 Å². The van der Waals surface area contributed by atoms with Gasteiger partial charge in [-0.3, -0.25) is 0 Å². The van der Waals surface area contributed by atoms with Crippen molar-refractivity contribution in [2.24, 2.45) is 0 Å². The first-order chi connectivity index (χ1) is 10.1. The summed E-state index contributed by atoms with van der Waals surface area (Å²) in [6, 6.07) is 12.5. The molecule has 2 aromatic rings. The summed E-state index contributed by atoms with van der Waals surface area (Å²) < 4.78 is 13.1. The Balaban J connectivity index is 1.96. The van der Waals surface area contributed by atoms with Gasteiger partial charge in [0.05, 0.1) is 0 Å². The third-order valence-electron chi connectivity index (χ3n) is 3.81. The van der Waals surface area contributed by atoms with Crippen molar-refractivity contribution in [3.05, 3.63) is 65.0 Å². The van der Waals surface area contributed by atoms with Gasteiger partial charge in [0.25, 0.3) is 0 Å². The number of phenols is 1. The maximum atomic E-state index is 13.1. The Labute approximate surface area is 125 Å². The second kappa shape index (κ2) is 7.23. The van der Waals surface area contributed by atoms with Gasteiger partial charge in [0.1, 0.15) is 11.6 Å². The molecule has 112 valence electrons. The van der Waals surface area contributed by atoms with E-state index in [0.29, 0.717) is 5.75 Å². The summed E-state index contributed by atoms with van der Waals surface area (Å²) in [6.07, 6.45) is 1.75. The highest BCUT2D eigenvalue weighted by molar-refractivity contribution is 5.34. The van der Waals surface area contributed by atoms with Crippen LogP contribution in [0.1, 0.15) is 36.1 Å². The molecule has 0 aliphatic heterocycles. The molecule has 0 saturated carbocycles. The molecule has 0 aromatic heterocycles. The lowest BCUT2D eigenvalue weighted by Crippen LogP contribution is -2.23. The number of nitrogens with one attached hydrogen (secondary N) is 1. The van der Waals surface area contributed by atoms with Crippen molar-refractivity contribution < 1.29 is 9.50 Å². The summed E-state index contributed by atoms with van der Waals surface area (Å²) in [5.41, 5.74) is 3.05. The molecule has 0 aliphatic rings. The van der Waals surface area contributed by atoms with Crippen LogP contribution in [0.3, 0.4) is 0 Å². The summed E-state index contributed by atoms with van der Waals surface area (Å²) in [7, 11) is 0. The van der Waals surface area contributed by atoms with Gasteiger partial charge in [0, 0.05) is 11.6 Å². The molecule has 2 N–H and O–H groups in total. The van der Waals surface area contributed by atoms with Crippen LogP contribution < -0.4 is 5.32 Å². The molecule has 0 amide bonds. The second-order valence-electron chi connectivity index (χ2n) is 5.29. The molecule has 0 radical (unpaired) electrons. The number of rotatable bonds is 6. The van der Waals surface area contributed by atoms with Crippen molar-refractivity contribution in [3.8, 4) is 5.75 Å². The lowest BCUT2D eigenvalue weighted by atomic mass is 10.0. The monoisotopic (exact) mass is 287 g/mol. The van der Waals surface area contributed by atoms with E-state index in [1.807, 2.05) is 31.2 Å². The maximum absolute atomic E-state index is 13.1. The van der Waals surface area contributed by atoms with E-state index in [1.54, 1.807) is 12.1 Å². The lowest BCUT2D eigenvalue weighted by molar-refractivity contribution is 0.442. The largest absolute Gasteiger partial charge is 0.508 e. The summed E-state index contributed by atoms with van der Waals surface area (Å²) >= 11 is 0. The standard InChI is InChI=1S/C18H22FNO/c1-3-17(16-6-4-5-7-18(16)21)20-11-10-14-8-9-15(19)12-13(14)2/h4-9,12,17,20-21H,3,10-11H2,1-2H3. The van der Waals surface area contributed by atoms with E-state index < -0.39 is 0 Å². The zero-order valence-electron chi connectivity index (χ0n) is 12.6. The number of aryl methyl sites for hydroxylation is 1. The highest BCUT2D eigenvalue weighted by Crippen LogP contribution is 2.25. The number of benzene rings is 2. The maximum Gasteiger partial charge on any atom is 0.123 e. The van der Waals surface area contributed by atoms with Gasteiger partial charge in [-0.25, -0.2) is 4.39 Å². The van der Waals surface area contributed by atoms with Gasteiger partial charge in [-0.1, -0.05) is 31.2 Å². The molecule has 0 aliphatic carbocycles. The molecule has 0 spiro atoms. The molecular formula is C18H22FNO. The summed E-state index contributed by atoms with van der Waals surface area (Å²) in [4.78, 5) is 0. The summed E-state index contributed by atoms with van der Waals surface area (Å²) in [6.45, 7) is 4.81. The van der Waals surface area contributed by atoms with E-state index in [2.05, 4.69) is 12.2 Å². The summed E-state index contributed by atoms with van der Waals surface area (Å²) in [5, 5.41) is 13.4. The average molecular weight is 287 g/mol. The SMILES string of the molecule is CCC(NCCc1ccc(F)cc1C)c1ccccc1O. The van der Waals surface area contributed by atoms with Crippen LogP contribution >= 0.6 is 0 Å². The Morgan fingerprint density at radius 1 is 1.19 bits per heavy atom. The predicted octanol–water partition coefficient (Wildman–Crippen LogP) is 4.12. The van der Waals surface area contributed by atoms with E-state index >= 15 is 0 Å². The van der Waals surface area contributed by atoms with Crippen LogP contribution in [-0.4, -0.2) is 11.7 Å². The molecule has 0 fully saturated rings. The van der Waals surface area contributed by atoms with Crippen LogP contribution in [0.5, 0.6) is 5.75 Å². The fourth-order valence-electron chi connectivity index (χ4n) is 2.58. The minimum atomic E-state index is -0.190. The average Bonchev–Trinajstić information content (AvgIpc) is 2.47. The van der Waals surface area contributed by atoms with Gasteiger partial charge in [0.15, 0.2) is 0 Å². The van der Waals surface area contributed by atoms with Crippen molar-refractivity contribution >= 4 is 0 Å². The Kier molecular flexibility index (Phi) is 5.34. The van der Waals surface area contributed by atoms with Crippen molar-refractivity contribution in [1.29, 1.82) is 0 Å². The Morgan fingerprint density at radius 3 is 2.62 bits per heavy atom. The van der Waals surface area contributed by atoms with Crippen LogP contribution in [0.4, 0.5) is 4.39 Å². The van der Waals surface area contributed by atoms with Crippen LogP contribution in [0.15, 0.2) is 42.5 Å². The number of para-hydroxylation sites is 1. The molecule has 0 saturated heterocycles. The first kappa shape index (κ1) is 15.5. The Morgan fingerprint density at radius 2 is 1.95 bits per heavy atom. The summed E-state index contributed by atoms with van der Waals surface area (Å²) in [5.74, 6) is 0.139. The van der Waals surface area contributed by atoms with Crippen LogP contribution in [0, 0.1) is 12.7 Å². The minimum absolute atomic E-state index is 0.131. The normalized spacial score (nSPS) is 12.3. The Bertz CT molecular complexity index is 598. The minimum Gasteiger partial charge on any atom is -0.508 e. The molecule has 21 heavy (non-hydrogen) atoms. The van der Waals surface area contributed by atoms with Gasteiger partial charge in [-0.15, -0.1) is 0 Å². The molecule has 2 nitrogen and oxygen atoms in total. The van der Waals surface area contributed by atoms with Crippen LogP contribution in [0.25, 0.3) is 0 Å². The number of aromatic hydroxyl groups is 1. The van der Waals surface area contributed by atoms with E-state index in [-0.39, 0.29) is 11.9 Å². The smallest absolute Gasteiger partial charge is 0.123 e. The number of hydrogen-bond acceptors (Lipinski definition) is 2. The highest BCUT2D eigenvalue weighted by Gasteiger charge is 2.12. The zero-order chi connectivity index (χ0) is 15.2. The van der Waals surface area contributed by atoms with Crippen molar-refractivity contribution in [2.45, 2.75) is 32.7 Å². The first-order valence-corrected chi connectivity index (χ1v) is 7.38. The number of hydrogen-bond donors (Lipinski definition) is 2. The molecule has 2 aromatic carbocycles. The molecule has 0 heterocycles. The topological polar surface area (TPSA) is 32.3 Å². The molecule has 0 bridgehead atoms. The molecular weight excluding hydrogens is 265 g/mol. The lowest BCUT2D eigenvalue weighted by Gasteiger charge is -2.19. The van der Waals surface area contributed by atoms with E-state index in [4.69, 9.17) is 0 Å². The van der Waals surface area contributed by atoms with Crippen LogP contribution in [0.2, 0.25) is 0 Å². The molecule has 1 unspecified atom stereocenters. The van der Waals surface area contributed by atoms with Gasteiger partial charge in [-0.05, 0) is 55.6 Å². The fourth-order valence-corrected chi connectivity index (χ4v) is 2.58. The predicted molar refractivity (Wildman–Crippen MR) is 84.0 cm³/mol. The first-order valence-electron chi connectivity index (χ1n) is 7.38. The number of halogens is 1. The van der Waals surface area contributed by atoms with Crippen LogP contribution in [-0.2, 0) is 6.42 Å². The second-order valence-corrected chi connectivity index (χ2v) is 5.29. The van der Waals surface area contributed by atoms with E-state index in [9.17, 15) is 9.50 Å². The van der Waals surface area contributed by atoms with Crippen molar-refractivity contribution in [3.63, 3.8) is 0 Å².